The van der Waals surface area contributed by atoms with Crippen LogP contribution in [0, 0.1) is 0 Å². The van der Waals surface area contributed by atoms with Crippen molar-refractivity contribution in [1.82, 2.24) is 10.3 Å². The number of hydrogen-bond donors (Lipinski definition) is 2. The molecule has 6 nitrogen and oxygen atoms in total. The lowest BCUT2D eigenvalue weighted by molar-refractivity contribution is 0.246. The van der Waals surface area contributed by atoms with Gasteiger partial charge in [-0.2, -0.15) is 0 Å². The number of ether oxygens (including phenoxy) is 1. The molecule has 6 heteroatoms. The molecule has 0 unspecified atom stereocenters. The summed E-state index contributed by atoms with van der Waals surface area (Å²) in [6, 6.07) is 13.2. The van der Waals surface area contributed by atoms with Crippen LogP contribution in [-0.4, -0.2) is 37.3 Å². The van der Waals surface area contributed by atoms with Crippen LogP contribution in [0.2, 0.25) is 0 Å². The maximum atomic E-state index is 12.1. The largest absolute Gasteiger partial charge is 0.497 e. The standard InChI is InChI=1S/C18H22N4O2/c1-24-16-7-5-14(6-8-16)20-18(23)21-15-9-12-22(13-10-15)17-4-2-3-11-19-17/h2-8,11,15H,9-10,12-13H2,1H3,(H2,20,21,23). The van der Waals surface area contributed by atoms with Crippen LogP contribution < -0.4 is 20.3 Å². The molecule has 24 heavy (non-hydrogen) atoms. The first-order chi connectivity index (χ1) is 11.7. The first kappa shape index (κ1) is 16.1. The van der Waals surface area contributed by atoms with Crippen molar-refractivity contribution >= 4 is 17.5 Å². The normalized spacial score (nSPS) is 15.0. The van der Waals surface area contributed by atoms with Gasteiger partial charge in [0.1, 0.15) is 11.6 Å². The van der Waals surface area contributed by atoms with Crippen LogP contribution in [0.25, 0.3) is 0 Å². The minimum atomic E-state index is -0.170. The van der Waals surface area contributed by atoms with E-state index in [1.54, 1.807) is 7.11 Å². The third-order valence-electron chi connectivity index (χ3n) is 4.15. The summed E-state index contributed by atoms with van der Waals surface area (Å²) in [5.74, 6) is 1.77. The van der Waals surface area contributed by atoms with E-state index in [2.05, 4.69) is 20.5 Å². The zero-order chi connectivity index (χ0) is 16.8. The van der Waals surface area contributed by atoms with Crippen molar-refractivity contribution in [3.8, 4) is 5.75 Å². The van der Waals surface area contributed by atoms with Gasteiger partial charge >= 0.3 is 6.03 Å². The molecular formula is C18H22N4O2. The average molecular weight is 326 g/mol. The summed E-state index contributed by atoms with van der Waals surface area (Å²) in [6.45, 7) is 1.79. The SMILES string of the molecule is COc1ccc(NC(=O)NC2CCN(c3ccccn3)CC2)cc1. The zero-order valence-electron chi connectivity index (χ0n) is 13.7. The molecule has 0 bridgehead atoms. The molecular weight excluding hydrogens is 304 g/mol. The van der Waals surface area contributed by atoms with Gasteiger partial charge in [-0.1, -0.05) is 6.07 Å². The summed E-state index contributed by atoms with van der Waals surface area (Å²) in [6.07, 6.45) is 3.63. The van der Waals surface area contributed by atoms with Gasteiger partial charge in [-0.05, 0) is 49.2 Å². The van der Waals surface area contributed by atoms with Gasteiger partial charge in [0.15, 0.2) is 0 Å². The van der Waals surface area contributed by atoms with Gasteiger partial charge in [-0.25, -0.2) is 9.78 Å². The Morgan fingerprint density at radius 1 is 1.17 bits per heavy atom. The van der Waals surface area contributed by atoms with Gasteiger partial charge in [0.05, 0.1) is 7.11 Å². The molecule has 0 radical (unpaired) electrons. The van der Waals surface area contributed by atoms with Gasteiger partial charge in [0.25, 0.3) is 0 Å². The number of aromatic nitrogens is 1. The average Bonchev–Trinajstić information content (AvgIpc) is 2.64. The third-order valence-corrected chi connectivity index (χ3v) is 4.15. The van der Waals surface area contributed by atoms with Crippen molar-refractivity contribution in [2.75, 3.05) is 30.4 Å². The van der Waals surface area contributed by atoms with Gasteiger partial charge in [-0.15, -0.1) is 0 Å². The molecule has 0 atom stereocenters. The van der Waals surface area contributed by atoms with Crippen molar-refractivity contribution in [3.63, 3.8) is 0 Å². The molecule has 1 aliphatic rings. The summed E-state index contributed by atoms with van der Waals surface area (Å²) in [7, 11) is 1.62. The third kappa shape index (κ3) is 4.16. The molecule has 2 N–H and O–H groups in total. The van der Waals surface area contributed by atoms with Crippen LogP contribution in [0.15, 0.2) is 48.7 Å². The molecule has 3 rings (SSSR count). The summed E-state index contributed by atoms with van der Waals surface area (Å²) >= 11 is 0. The summed E-state index contributed by atoms with van der Waals surface area (Å²) in [5.41, 5.74) is 0.749. The highest BCUT2D eigenvalue weighted by atomic mass is 16.5. The lowest BCUT2D eigenvalue weighted by atomic mass is 10.1. The van der Waals surface area contributed by atoms with Crippen LogP contribution in [0.4, 0.5) is 16.3 Å². The van der Waals surface area contributed by atoms with E-state index in [9.17, 15) is 4.79 Å². The Hall–Kier alpha value is -2.76. The van der Waals surface area contributed by atoms with E-state index in [4.69, 9.17) is 4.74 Å². The van der Waals surface area contributed by atoms with Crippen LogP contribution in [-0.2, 0) is 0 Å². The van der Waals surface area contributed by atoms with E-state index >= 15 is 0 Å². The maximum absolute atomic E-state index is 12.1. The van der Waals surface area contributed by atoms with Gasteiger partial charge in [0.2, 0.25) is 0 Å². The molecule has 1 aliphatic heterocycles. The Morgan fingerprint density at radius 2 is 1.92 bits per heavy atom. The second-order valence-corrected chi connectivity index (χ2v) is 5.78. The number of nitrogens with one attached hydrogen (secondary N) is 2. The lowest BCUT2D eigenvalue weighted by Gasteiger charge is -2.33. The highest BCUT2D eigenvalue weighted by Crippen LogP contribution is 2.18. The molecule has 2 amide bonds. The Morgan fingerprint density at radius 3 is 2.54 bits per heavy atom. The quantitative estimate of drug-likeness (QED) is 0.907. The molecule has 0 spiro atoms. The number of piperidine rings is 1. The van der Waals surface area contributed by atoms with Gasteiger partial charge in [0, 0.05) is 31.0 Å². The number of nitrogens with zero attached hydrogens (tertiary/aromatic N) is 2. The van der Waals surface area contributed by atoms with Gasteiger partial charge < -0.3 is 20.3 Å². The topological polar surface area (TPSA) is 66.5 Å². The summed E-state index contributed by atoms with van der Waals surface area (Å²) < 4.78 is 5.10. The first-order valence-corrected chi connectivity index (χ1v) is 8.12. The van der Waals surface area contributed by atoms with E-state index in [0.717, 1.165) is 43.2 Å². The molecule has 1 aromatic heterocycles. The number of carbonyl (C=O) groups is 1. The van der Waals surface area contributed by atoms with Crippen LogP contribution in [0.5, 0.6) is 5.75 Å². The maximum Gasteiger partial charge on any atom is 0.319 e. The molecule has 2 heterocycles. The number of benzene rings is 1. The summed E-state index contributed by atoms with van der Waals surface area (Å²) in [4.78, 5) is 18.7. The van der Waals surface area contributed by atoms with Crippen LogP contribution in [0.1, 0.15) is 12.8 Å². The summed E-state index contributed by atoms with van der Waals surface area (Å²) in [5, 5.41) is 5.89. The van der Waals surface area contributed by atoms with Crippen molar-refractivity contribution in [2.45, 2.75) is 18.9 Å². The number of urea groups is 1. The van der Waals surface area contributed by atoms with Crippen molar-refractivity contribution in [1.29, 1.82) is 0 Å². The molecule has 0 saturated carbocycles. The van der Waals surface area contributed by atoms with Crippen molar-refractivity contribution in [2.24, 2.45) is 0 Å². The minimum absolute atomic E-state index is 0.170. The predicted molar refractivity (Wildman–Crippen MR) is 94.6 cm³/mol. The second kappa shape index (κ2) is 7.68. The predicted octanol–water partition coefficient (Wildman–Crippen LogP) is 2.88. The van der Waals surface area contributed by atoms with Crippen molar-refractivity contribution < 1.29 is 9.53 Å². The number of methoxy groups -OCH3 is 1. The molecule has 0 aliphatic carbocycles. The second-order valence-electron chi connectivity index (χ2n) is 5.78. The zero-order valence-corrected chi connectivity index (χ0v) is 13.7. The fourth-order valence-electron chi connectivity index (χ4n) is 2.82. The van der Waals surface area contributed by atoms with Crippen molar-refractivity contribution in [3.05, 3.63) is 48.7 Å². The van der Waals surface area contributed by atoms with E-state index in [-0.39, 0.29) is 12.1 Å². The Balaban J connectivity index is 1.46. The fraction of sp³-hybridized carbons (Fsp3) is 0.333. The number of anilines is 2. The van der Waals surface area contributed by atoms with Crippen LogP contribution >= 0.6 is 0 Å². The Bertz CT molecular complexity index is 652. The van der Waals surface area contributed by atoms with Crippen LogP contribution in [0.3, 0.4) is 0 Å². The number of rotatable bonds is 4. The van der Waals surface area contributed by atoms with E-state index in [0.29, 0.717) is 0 Å². The molecule has 2 aromatic rings. The highest BCUT2D eigenvalue weighted by molar-refractivity contribution is 5.89. The fourth-order valence-corrected chi connectivity index (χ4v) is 2.82. The number of hydrogen-bond acceptors (Lipinski definition) is 4. The highest BCUT2D eigenvalue weighted by Gasteiger charge is 2.21. The van der Waals surface area contributed by atoms with E-state index in [1.165, 1.54) is 0 Å². The minimum Gasteiger partial charge on any atom is -0.497 e. The Labute approximate surface area is 141 Å². The molecule has 1 fully saturated rings. The van der Waals surface area contributed by atoms with E-state index in [1.807, 2.05) is 48.7 Å². The smallest absolute Gasteiger partial charge is 0.319 e. The number of pyridine rings is 1. The number of amides is 2. The monoisotopic (exact) mass is 326 g/mol. The van der Waals surface area contributed by atoms with Gasteiger partial charge in [-0.3, -0.25) is 0 Å². The molecule has 126 valence electrons. The first-order valence-electron chi connectivity index (χ1n) is 8.12. The molecule has 1 aromatic carbocycles. The lowest BCUT2D eigenvalue weighted by Crippen LogP contribution is -2.46. The van der Waals surface area contributed by atoms with E-state index < -0.39 is 0 Å². The number of carbonyl (C=O) groups excluding carboxylic acids is 1. The molecule has 1 saturated heterocycles. The Kier molecular flexibility index (Phi) is 5.15.